The van der Waals surface area contributed by atoms with Crippen LogP contribution in [0.4, 0.5) is 0 Å². The molecule has 4 heteroatoms. The summed E-state index contributed by atoms with van der Waals surface area (Å²) in [6.07, 6.45) is 3.05. The monoisotopic (exact) mass is 277 g/mol. The number of halogens is 1. The van der Waals surface area contributed by atoms with Gasteiger partial charge in [-0.05, 0) is 47.3 Å². The highest BCUT2D eigenvalue weighted by atomic mass is 79.9. The predicted octanol–water partition coefficient (Wildman–Crippen LogP) is 2.81. The Bertz CT molecular complexity index is 264. The van der Waals surface area contributed by atoms with Crippen LogP contribution >= 0.6 is 27.3 Å². The first-order chi connectivity index (χ1) is 6.72. The van der Waals surface area contributed by atoms with E-state index in [0.29, 0.717) is 0 Å². The Morgan fingerprint density at radius 3 is 2.93 bits per heavy atom. The zero-order chi connectivity index (χ0) is 10.4. The summed E-state index contributed by atoms with van der Waals surface area (Å²) in [6, 6.07) is 4.46. The quantitative estimate of drug-likeness (QED) is 0.812. The summed E-state index contributed by atoms with van der Waals surface area (Å²) >= 11 is 5.20. The van der Waals surface area contributed by atoms with E-state index >= 15 is 0 Å². The van der Waals surface area contributed by atoms with Gasteiger partial charge in [0.2, 0.25) is 0 Å². The van der Waals surface area contributed by atoms with Gasteiger partial charge < -0.3 is 10.5 Å². The molecule has 1 aromatic rings. The summed E-state index contributed by atoms with van der Waals surface area (Å²) in [5.74, 6) is 0. The zero-order valence-electron chi connectivity index (χ0n) is 8.33. The van der Waals surface area contributed by atoms with Gasteiger partial charge in [0.15, 0.2) is 0 Å². The third-order valence-electron chi connectivity index (χ3n) is 2.02. The van der Waals surface area contributed by atoms with Crippen LogP contribution in [0.1, 0.15) is 17.7 Å². The van der Waals surface area contributed by atoms with E-state index in [2.05, 4.69) is 28.1 Å². The van der Waals surface area contributed by atoms with Gasteiger partial charge in [0, 0.05) is 24.6 Å². The van der Waals surface area contributed by atoms with Crippen molar-refractivity contribution in [3.05, 3.63) is 20.8 Å². The number of hydrogen-bond donors (Lipinski definition) is 1. The van der Waals surface area contributed by atoms with Crippen LogP contribution in [0.2, 0.25) is 0 Å². The van der Waals surface area contributed by atoms with Crippen molar-refractivity contribution in [1.82, 2.24) is 0 Å². The Morgan fingerprint density at radius 2 is 2.36 bits per heavy atom. The lowest BCUT2D eigenvalue weighted by atomic mass is 10.1. The molecular formula is C10H16BrNOS. The average molecular weight is 278 g/mol. The van der Waals surface area contributed by atoms with E-state index in [1.807, 2.05) is 0 Å². The SMILES string of the molecule is COCCCC(N)Cc1ccc(Br)s1. The molecule has 2 nitrogen and oxygen atoms in total. The van der Waals surface area contributed by atoms with Crippen LogP contribution in [0, 0.1) is 0 Å². The van der Waals surface area contributed by atoms with Crippen LogP contribution in [0.15, 0.2) is 15.9 Å². The third-order valence-corrected chi connectivity index (χ3v) is 3.66. The minimum Gasteiger partial charge on any atom is -0.385 e. The molecular weight excluding hydrogens is 262 g/mol. The second kappa shape index (κ2) is 6.56. The Kier molecular flexibility index (Phi) is 5.70. The van der Waals surface area contributed by atoms with Crippen LogP contribution in [0.25, 0.3) is 0 Å². The van der Waals surface area contributed by atoms with E-state index in [0.717, 1.165) is 25.9 Å². The predicted molar refractivity (Wildman–Crippen MR) is 64.8 cm³/mol. The molecule has 0 spiro atoms. The molecule has 0 fully saturated rings. The maximum atomic E-state index is 5.99. The van der Waals surface area contributed by atoms with Gasteiger partial charge in [0.1, 0.15) is 0 Å². The van der Waals surface area contributed by atoms with Crippen molar-refractivity contribution < 1.29 is 4.74 Å². The second-order valence-electron chi connectivity index (χ2n) is 3.31. The molecule has 0 aliphatic rings. The van der Waals surface area contributed by atoms with Gasteiger partial charge in [-0.1, -0.05) is 0 Å². The topological polar surface area (TPSA) is 35.2 Å². The molecule has 1 rings (SSSR count). The maximum absolute atomic E-state index is 5.99. The molecule has 1 unspecified atom stereocenters. The molecule has 80 valence electrons. The number of ether oxygens (including phenoxy) is 1. The van der Waals surface area contributed by atoms with Gasteiger partial charge in [-0.2, -0.15) is 0 Å². The number of hydrogen-bond acceptors (Lipinski definition) is 3. The molecule has 0 aliphatic heterocycles. The molecule has 0 aromatic carbocycles. The van der Waals surface area contributed by atoms with Crippen molar-refractivity contribution in [2.75, 3.05) is 13.7 Å². The first kappa shape index (κ1) is 12.2. The standard InChI is InChI=1S/C10H16BrNOS/c1-13-6-2-3-8(12)7-9-4-5-10(11)14-9/h4-5,8H,2-3,6-7,12H2,1H3. The van der Waals surface area contributed by atoms with E-state index in [1.165, 1.54) is 8.66 Å². The number of rotatable bonds is 6. The fourth-order valence-electron chi connectivity index (χ4n) is 1.31. The molecule has 1 atom stereocenters. The lowest BCUT2D eigenvalue weighted by Crippen LogP contribution is -2.22. The first-order valence-corrected chi connectivity index (χ1v) is 6.32. The van der Waals surface area contributed by atoms with Gasteiger partial charge in [-0.3, -0.25) is 0 Å². The normalized spacial score (nSPS) is 13.1. The maximum Gasteiger partial charge on any atom is 0.0701 e. The van der Waals surface area contributed by atoms with Crippen molar-refractivity contribution in [2.24, 2.45) is 5.73 Å². The highest BCUT2D eigenvalue weighted by Crippen LogP contribution is 2.23. The number of nitrogens with two attached hydrogens (primary N) is 1. The van der Waals surface area contributed by atoms with E-state index in [1.54, 1.807) is 18.4 Å². The van der Waals surface area contributed by atoms with Gasteiger partial charge in [0.25, 0.3) is 0 Å². The molecule has 2 N–H and O–H groups in total. The second-order valence-corrected chi connectivity index (χ2v) is 5.85. The van der Waals surface area contributed by atoms with Crippen molar-refractivity contribution in [3.63, 3.8) is 0 Å². The molecule has 0 saturated carbocycles. The molecule has 0 saturated heterocycles. The van der Waals surface area contributed by atoms with Crippen molar-refractivity contribution in [1.29, 1.82) is 0 Å². The fraction of sp³-hybridized carbons (Fsp3) is 0.600. The van der Waals surface area contributed by atoms with Crippen molar-refractivity contribution in [3.8, 4) is 0 Å². The highest BCUT2D eigenvalue weighted by Gasteiger charge is 2.05. The fourth-order valence-corrected chi connectivity index (χ4v) is 2.89. The van der Waals surface area contributed by atoms with Crippen LogP contribution in [0.5, 0.6) is 0 Å². The lowest BCUT2D eigenvalue weighted by molar-refractivity contribution is 0.190. The average Bonchev–Trinajstić information content (AvgIpc) is 2.52. The molecule has 14 heavy (non-hydrogen) atoms. The highest BCUT2D eigenvalue weighted by molar-refractivity contribution is 9.11. The van der Waals surface area contributed by atoms with Crippen LogP contribution in [-0.4, -0.2) is 19.8 Å². The summed E-state index contributed by atoms with van der Waals surface area (Å²) in [4.78, 5) is 1.35. The minimum atomic E-state index is 0.260. The van der Waals surface area contributed by atoms with Gasteiger partial charge >= 0.3 is 0 Å². The lowest BCUT2D eigenvalue weighted by Gasteiger charge is -2.09. The molecule has 1 heterocycles. The molecule has 0 bridgehead atoms. The molecule has 1 aromatic heterocycles. The summed E-state index contributed by atoms with van der Waals surface area (Å²) in [6.45, 7) is 0.807. The molecule has 0 aliphatic carbocycles. The van der Waals surface area contributed by atoms with Crippen LogP contribution in [-0.2, 0) is 11.2 Å². The Labute approximate surface area is 97.6 Å². The summed E-state index contributed by atoms with van der Waals surface area (Å²) < 4.78 is 6.16. The van der Waals surface area contributed by atoms with Crippen molar-refractivity contribution >= 4 is 27.3 Å². The Balaban J connectivity index is 2.23. The molecule has 0 radical (unpaired) electrons. The van der Waals surface area contributed by atoms with Gasteiger partial charge in [-0.15, -0.1) is 11.3 Å². The Hall–Kier alpha value is 0.1000. The van der Waals surface area contributed by atoms with E-state index < -0.39 is 0 Å². The Morgan fingerprint density at radius 1 is 1.57 bits per heavy atom. The summed E-state index contributed by atoms with van der Waals surface area (Å²) in [5, 5.41) is 0. The number of thiophene rings is 1. The van der Waals surface area contributed by atoms with Crippen LogP contribution < -0.4 is 5.73 Å². The van der Waals surface area contributed by atoms with E-state index in [-0.39, 0.29) is 6.04 Å². The van der Waals surface area contributed by atoms with Crippen molar-refractivity contribution in [2.45, 2.75) is 25.3 Å². The minimum absolute atomic E-state index is 0.260. The van der Waals surface area contributed by atoms with Crippen LogP contribution in [0.3, 0.4) is 0 Å². The smallest absolute Gasteiger partial charge is 0.0701 e. The third kappa shape index (κ3) is 4.55. The first-order valence-electron chi connectivity index (χ1n) is 4.71. The van der Waals surface area contributed by atoms with E-state index in [9.17, 15) is 0 Å². The van der Waals surface area contributed by atoms with E-state index in [4.69, 9.17) is 10.5 Å². The van der Waals surface area contributed by atoms with Gasteiger partial charge in [-0.25, -0.2) is 0 Å². The summed E-state index contributed by atoms with van der Waals surface area (Å²) in [7, 11) is 1.72. The number of methoxy groups -OCH3 is 1. The summed E-state index contributed by atoms with van der Waals surface area (Å²) in [5.41, 5.74) is 5.99. The molecule has 0 amide bonds. The largest absolute Gasteiger partial charge is 0.385 e. The zero-order valence-corrected chi connectivity index (χ0v) is 10.7. The van der Waals surface area contributed by atoms with Gasteiger partial charge in [0.05, 0.1) is 3.79 Å².